The standard InChI is InChI=1S/C13H23N3/c1-8(2)10-7-9(3)15-12(16-10)11(14)13(4,5)6/h7-8,11H,14H2,1-6H3. The number of hydrogen-bond donors (Lipinski definition) is 1. The van der Waals surface area contributed by atoms with E-state index < -0.39 is 0 Å². The van der Waals surface area contributed by atoms with Crippen LogP contribution in [0.3, 0.4) is 0 Å². The Labute approximate surface area is 98.5 Å². The molecule has 0 aliphatic rings. The van der Waals surface area contributed by atoms with Crippen LogP contribution in [0.1, 0.15) is 63.8 Å². The van der Waals surface area contributed by atoms with Gasteiger partial charge in [-0.1, -0.05) is 34.6 Å². The first-order valence-corrected chi connectivity index (χ1v) is 5.83. The molecule has 3 heteroatoms. The van der Waals surface area contributed by atoms with Gasteiger partial charge in [0.05, 0.1) is 6.04 Å². The Balaban J connectivity index is 3.15. The molecule has 16 heavy (non-hydrogen) atoms. The first-order valence-electron chi connectivity index (χ1n) is 5.83. The summed E-state index contributed by atoms with van der Waals surface area (Å²) in [4.78, 5) is 9.01. The second-order valence-corrected chi connectivity index (χ2v) is 5.79. The molecule has 0 aliphatic carbocycles. The van der Waals surface area contributed by atoms with E-state index in [1.165, 1.54) is 0 Å². The van der Waals surface area contributed by atoms with Crippen LogP contribution in [0.2, 0.25) is 0 Å². The van der Waals surface area contributed by atoms with E-state index in [1.807, 2.05) is 13.0 Å². The predicted octanol–water partition coefficient (Wildman–Crippen LogP) is 2.95. The van der Waals surface area contributed by atoms with E-state index >= 15 is 0 Å². The van der Waals surface area contributed by atoms with Crippen molar-refractivity contribution in [2.75, 3.05) is 0 Å². The van der Waals surface area contributed by atoms with E-state index in [1.54, 1.807) is 0 Å². The van der Waals surface area contributed by atoms with Crippen molar-refractivity contribution in [3.05, 3.63) is 23.3 Å². The van der Waals surface area contributed by atoms with E-state index in [0.717, 1.165) is 17.2 Å². The maximum absolute atomic E-state index is 6.18. The Kier molecular flexibility index (Phi) is 3.68. The van der Waals surface area contributed by atoms with Crippen molar-refractivity contribution >= 4 is 0 Å². The van der Waals surface area contributed by atoms with E-state index in [4.69, 9.17) is 5.73 Å². The highest BCUT2D eigenvalue weighted by Gasteiger charge is 2.25. The molecule has 0 aliphatic heterocycles. The lowest BCUT2D eigenvalue weighted by Gasteiger charge is -2.26. The van der Waals surface area contributed by atoms with E-state index in [9.17, 15) is 0 Å². The van der Waals surface area contributed by atoms with Crippen LogP contribution in [0.15, 0.2) is 6.07 Å². The summed E-state index contributed by atoms with van der Waals surface area (Å²) in [7, 11) is 0. The number of nitrogens with zero attached hydrogens (tertiary/aromatic N) is 2. The highest BCUT2D eigenvalue weighted by Crippen LogP contribution is 2.29. The Bertz CT molecular complexity index is 364. The Hall–Kier alpha value is -0.960. The van der Waals surface area contributed by atoms with Crippen LogP contribution in [0.5, 0.6) is 0 Å². The van der Waals surface area contributed by atoms with Crippen LogP contribution in [0.4, 0.5) is 0 Å². The lowest BCUT2D eigenvalue weighted by Crippen LogP contribution is -2.28. The summed E-state index contributed by atoms with van der Waals surface area (Å²) in [5, 5.41) is 0. The first-order chi connectivity index (χ1) is 7.21. The van der Waals surface area contributed by atoms with Gasteiger partial charge in [0.1, 0.15) is 5.82 Å². The molecule has 1 atom stereocenters. The van der Waals surface area contributed by atoms with Gasteiger partial charge in [-0.2, -0.15) is 0 Å². The molecule has 0 amide bonds. The van der Waals surface area contributed by atoms with E-state index in [2.05, 4.69) is 44.6 Å². The quantitative estimate of drug-likeness (QED) is 0.835. The van der Waals surface area contributed by atoms with Gasteiger partial charge < -0.3 is 5.73 Å². The van der Waals surface area contributed by atoms with Gasteiger partial charge in [0.25, 0.3) is 0 Å². The van der Waals surface area contributed by atoms with Gasteiger partial charge in [-0.25, -0.2) is 9.97 Å². The minimum atomic E-state index is -0.120. The number of hydrogen-bond acceptors (Lipinski definition) is 3. The molecule has 1 heterocycles. The zero-order valence-electron chi connectivity index (χ0n) is 11.2. The second kappa shape index (κ2) is 4.50. The van der Waals surface area contributed by atoms with Gasteiger partial charge in [0, 0.05) is 11.4 Å². The largest absolute Gasteiger partial charge is 0.321 e. The molecule has 1 unspecified atom stereocenters. The maximum Gasteiger partial charge on any atom is 0.146 e. The summed E-state index contributed by atoms with van der Waals surface area (Å²) < 4.78 is 0. The number of aryl methyl sites for hydroxylation is 1. The Morgan fingerprint density at radius 1 is 1.19 bits per heavy atom. The zero-order valence-corrected chi connectivity index (χ0v) is 11.2. The fourth-order valence-electron chi connectivity index (χ4n) is 1.44. The van der Waals surface area contributed by atoms with Crippen LogP contribution in [0, 0.1) is 12.3 Å². The molecule has 0 saturated carbocycles. The van der Waals surface area contributed by atoms with Crippen LogP contribution in [-0.2, 0) is 0 Å². The van der Waals surface area contributed by atoms with Crippen molar-refractivity contribution in [3.8, 4) is 0 Å². The molecule has 0 radical (unpaired) electrons. The summed E-state index contributed by atoms with van der Waals surface area (Å²) in [6.07, 6.45) is 0. The van der Waals surface area contributed by atoms with Gasteiger partial charge in [0.15, 0.2) is 0 Å². The van der Waals surface area contributed by atoms with Gasteiger partial charge >= 0.3 is 0 Å². The Morgan fingerprint density at radius 3 is 2.19 bits per heavy atom. The van der Waals surface area contributed by atoms with Crippen LogP contribution in [-0.4, -0.2) is 9.97 Å². The third-order valence-electron chi connectivity index (χ3n) is 2.69. The van der Waals surface area contributed by atoms with Gasteiger partial charge in [-0.3, -0.25) is 0 Å². The molecule has 0 fully saturated rings. The summed E-state index contributed by atoms with van der Waals surface area (Å²) in [5.74, 6) is 1.17. The molecule has 0 bridgehead atoms. The smallest absolute Gasteiger partial charge is 0.146 e. The highest BCUT2D eigenvalue weighted by molar-refractivity contribution is 5.15. The fourth-order valence-corrected chi connectivity index (χ4v) is 1.44. The fraction of sp³-hybridized carbons (Fsp3) is 0.692. The van der Waals surface area contributed by atoms with Crippen LogP contribution >= 0.6 is 0 Å². The van der Waals surface area contributed by atoms with Crippen molar-refractivity contribution in [2.45, 2.75) is 53.5 Å². The van der Waals surface area contributed by atoms with Gasteiger partial charge in [0.2, 0.25) is 0 Å². The molecular weight excluding hydrogens is 198 g/mol. The predicted molar refractivity (Wildman–Crippen MR) is 67.2 cm³/mol. The molecule has 2 N–H and O–H groups in total. The zero-order chi connectivity index (χ0) is 12.5. The third-order valence-corrected chi connectivity index (χ3v) is 2.69. The third kappa shape index (κ3) is 3.01. The normalized spacial score (nSPS) is 14.2. The summed E-state index contributed by atoms with van der Waals surface area (Å²) in [5.41, 5.74) is 8.24. The highest BCUT2D eigenvalue weighted by atomic mass is 14.9. The molecule has 0 aromatic carbocycles. The number of aromatic nitrogens is 2. The minimum Gasteiger partial charge on any atom is -0.321 e. The van der Waals surface area contributed by atoms with E-state index in [0.29, 0.717) is 5.92 Å². The molecule has 1 aromatic rings. The van der Waals surface area contributed by atoms with Crippen LogP contribution in [0.25, 0.3) is 0 Å². The molecule has 0 spiro atoms. The SMILES string of the molecule is Cc1cc(C(C)C)nc(C(N)C(C)(C)C)n1. The van der Waals surface area contributed by atoms with Crippen molar-refractivity contribution in [1.29, 1.82) is 0 Å². The average Bonchev–Trinajstić information content (AvgIpc) is 2.14. The topological polar surface area (TPSA) is 51.8 Å². The van der Waals surface area contributed by atoms with Crippen LogP contribution < -0.4 is 5.73 Å². The molecule has 0 saturated heterocycles. The summed E-state index contributed by atoms with van der Waals surface area (Å²) in [6.45, 7) is 12.6. The molecule has 1 rings (SSSR count). The van der Waals surface area contributed by atoms with Gasteiger partial charge in [-0.15, -0.1) is 0 Å². The van der Waals surface area contributed by atoms with Crippen molar-refractivity contribution in [2.24, 2.45) is 11.1 Å². The number of rotatable bonds is 2. The lowest BCUT2D eigenvalue weighted by molar-refractivity contribution is 0.314. The summed E-state index contributed by atoms with van der Waals surface area (Å²) in [6, 6.07) is 1.91. The van der Waals surface area contributed by atoms with Gasteiger partial charge in [-0.05, 0) is 24.3 Å². The average molecular weight is 221 g/mol. The second-order valence-electron chi connectivity index (χ2n) is 5.79. The first kappa shape index (κ1) is 13.1. The number of nitrogens with two attached hydrogens (primary N) is 1. The minimum absolute atomic E-state index is 0.0119. The van der Waals surface area contributed by atoms with Crippen molar-refractivity contribution in [3.63, 3.8) is 0 Å². The maximum atomic E-state index is 6.18. The molecule has 3 nitrogen and oxygen atoms in total. The monoisotopic (exact) mass is 221 g/mol. The lowest BCUT2D eigenvalue weighted by atomic mass is 9.87. The van der Waals surface area contributed by atoms with Crippen molar-refractivity contribution < 1.29 is 0 Å². The Morgan fingerprint density at radius 2 is 1.75 bits per heavy atom. The molecular formula is C13H23N3. The molecule has 1 aromatic heterocycles. The summed E-state index contributed by atoms with van der Waals surface area (Å²) >= 11 is 0. The molecule has 90 valence electrons. The van der Waals surface area contributed by atoms with E-state index in [-0.39, 0.29) is 11.5 Å². The van der Waals surface area contributed by atoms with Crippen molar-refractivity contribution in [1.82, 2.24) is 9.97 Å².